The fraction of sp³-hybridized carbons (Fsp3) is 0.235. The zero-order valence-electron chi connectivity index (χ0n) is 13.1. The van der Waals surface area contributed by atoms with Crippen molar-refractivity contribution in [1.29, 1.82) is 0 Å². The van der Waals surface area contributed by atoms with Gasteiger partial charge in [-0.05, 0) is 19.1 Å². The van der Waals surface area contributed by atoms with Crippen molar-refractivity contribution in [3.8, 4) is 11.3 Å². The number of nitrogens with one attached hydrogen (secondary N) is 1. The third kappa shape index (κ3) is 2.74. The maximum atomic E-state index is 12.5. The summed E-state index contributed by atoms with van der Waals surface area (Å²) in [5.74, 6) is -0.109. The van der Waals surface area contributed by atoms with Crippen molar-refractivity contribution in [2.45, 2.75) is 24.0 Å². The summed E-state index contributed by atoms with van der Waals surface area (Å²) in [7, 11) is 0. The molecule has 3 N–H and O–H groups in total. The lowest BCUT2D eigenvalue weighted by Gasteiger charge is -2.06. The van der Waals surface area contributed by atoms with Crippen LogP contribution in [0.1, 0.15) is 22.5 Å². The van der Waals surface area contributed by atoms with Crippen LogP contribution in [0.25, 0.3) is 21.5 Å². The SMILES string of the molecule is CSc1nc(-c2ccccc2)c2c(N)c(C(=O)NC3CC3)sc2n1. The van der Waals surface area contributed by atoms with Crippen molar-refractivity contribution in [1.82, 2.24) is 15.3 Å². The number of amides is 1. The van der Waals surface area contributed by atoms with Crippen molar-refractivity contribution in [3.63, 3.8) is 0 Å². The summed E-state index contributed by atoms with van der Waals surface area (Å²) in [5.41, 5.74) is 8.55. The Labute approximate surface area is 147 Å². The van der Waals surface area contributed by atoms with E-state index in [0.717, 1.165) is 34.3 Å². The highest BCUT2D eigenvalue weighted by atomic mass is 32.2. The number of thiophene rings is 1. The number of hydrogen-bond donors (Lipinski definition) is 2. The number of carbonyl (C=O) groups is 1. The molecule has 0 spiro atoms. The first-order valence-electron chi connectivity index (χ1n) is 7.67. The molecule has 5 nitrogen and oxygen atoms in total. The maximum absolute atomic E-state index is 12.5. The lowest BCUT2D eigenvalue weighted by atomic mass is 10.1. The van der Waals surface area contributed by atoms with E-state index in [9.17, 15) is 4.79 Å². The summed E-state index contributed by atoms with van der Waals surface area (Å²) in [5, 5.41) is 4.44. The van der Waals surface area contributed by atoms with Crippen LogP contribution in [0.4, 0.5) is 5.69 Å². The molecule has 0 unspecified atom stereocenters. The van der Waals surface area contributed by atoms with Crippen LogP contribution >= 0.6 is 23.1 Å². The first-order chi connectivity index (χ1) is 11.7. The third-order valence-electron chi connectivity index (χ3n) is 3.92. The Kier molecular flexibility index (Phi) is 3.90. The highest BCUT2D eigenvalue weighted by Crippen LogP contribution is 2.39. The summed E-state index contributed by atoms with van der Waals surface area (Å²) in [6.45, 7) is 0. The topological polar surface area (TPSA) is 80.9 Å². The van der Waals surface area contributed by atoms with Gasteiger partial charge < -0.3 is 11.1 Å². The number of carbonyl (C=O) groups excluding carboxylic acids is 1. The molecular formula is C17H16N4OS2. The Morgan fingerprint density at radius 1 is 1.29 bits per heavy atom. The van der Waals surface area contributed by atoms with E-state index in [1.807, 2.05) is 36.6 Å². The number of nitrogens with two attached hydrogens (primary N) is 1. The smallest absolute Gasteiger partial charge is 0.263 e. The monoisotopic (exact) mass is 356 g/mol. The number of rotatable bonds is 4. The first kappa shape index (κ1) is 15.4. The normalized spacial score (nSPS) is 14.0. The largest absolute Gasteiger partial charge is 0.397 e. The van der Waals surface area contributed by atoms with Gasteiger partial charge in [0.05, 0.1) is 16.8 Å². The van der Waals surface area contributed by atoms with E-state index in [-0.39, 0.29) is 5.91 Å². The van der Waals surface area contributed by atoms with Crippen molar-refractivity contribution in [2.24, 2.45) is 0 Å². The molecule has 0 saturated heterocycles. The Hall–Kier alpha value is -2.12. The molecule has 4 rings (SSSR count). The Morgan fingerprint density at radius 2 is 2.04 bits per heavy atom. The second-order valence-electron chi connectivity index (χ2n) is 5.70. The minimum absolute atomic E-state index is 0.109. The molecule has 7 heteroatoms. The molecule has 0 aliphatic heterocycles. The van der Waals surface area contributed by atoms with E-state index < -0.39 is 0 Å². The van der Waals surface area contributed by atoms with Gasteiger partial charge in [0.1, 0.15) is 9.71 Å². The zero-order valence-corrected chi connectivity index (χ0v) is 14.7. The average Bonchev–Trinajstić information content (AvgIpc) is 3.36. The van der Waals surface area contributed by atoms with E-state index in [1.54, 1.807) is 0 Å². The molecule has 1 aliphatic rings. The Balaban J connectivity index is 1.90. The molecule has 0 atom stereocenters. The number of fused-ring (bicyclic) bond motifs is 1. The summed E-state index contributed by atoms with van der Waals surface area (Å²) >= 11 is 2.82. The van der Waals surface area contributed by atoms with Gasteiger partial charge in [0.15, 0.2) is 5.16 Å². The molecule has 1 fully saturated rings. The number of anilines is 1. The number of nitrogen functional groups attached to an aromatic ring is 1. The van der Waals surface area contributed by atoms with E-state index in [1.165, 1.54) is 23.1 Å². The molecule has 3 aromatic rings. The third-order valence-corrected chi connectivity index (χ3v) is 5.56. The van der Waals surface area contributed by atoms with Gasteiger partial charge in [0.2, 0.25) is 0 Å². The van der Waals surface area contributed by atoms with Gasteiger partial charge in [0.25, 0.3) is 5.91 Å². The van der Waals surface area contributed by atoms with Gasteiger partial charge in [0, 0.05) is 11.6 Å². The minimum atomic E-state index is -0.109. The summed E-state index contributed by atoms with van der Waals surface area (Å²) in [4.78, 5) is 22.9. The van der Waals surface area contributed by atoms with Crippen molar-refractivity contribution in [3.05, 3.63) is 35.2 Å². The quantitative estimate of drug-likeness (QED) is 0.552. The number of hydrogen-bond acceptors (Lipinski definition) is 6. The fourth-order valence-corrected chi connectivity index (χ4v) is 3.97. The van der Waals surface area contributed by atoms with E-state index >= 15 is 0 Å². The molecule has 0 bridgehead atoms. The number of benzene rings is 1. The Morgan fingerprint density at radius 3 is 2.71 bits per heavy atom. The number of nitrogens with zero attached hydrogens (tertiary/aromatic N) is 2. The first-order valence-corrected chi connectivity index (χ1v) is 9.71. The molecule has 24 heavy (non-hydrogen) atoms. The number of aromatic nitrogens is 2. The molecule has 1 aromatic carbocycles. The van der Waals surface area contributed by atoms with Crippen molar-refractivity contribution in [2.75, 3.05) is 12.0 Å². The van der Waals surface area contributed by atoms with Gasteiger partial charge in [-0.25, -0.2) is 9.97 Å². The lowest BCUT2D eigenvalue weighted by Crippen LogP contribution is -2.25. The summed E-state index contributed by atoms with van der Waals surface area (Å²) in [6, 6.07) is 10.2. The standard InChI is InChI=1S/C17H16N4OS2/c1-23-17-20-13(9-5-3-2-4-6-9)11-12(18)14(24-16(11)21-17)15(22)19-10-7-8-10/h2-6,10H,7-8,18H2,1H3,(H,19,22). The van der Waals surface area contributed by atoms with Crippen molar-refractivity contribution < 1.29 is 4.79 Å². The van der Waals surface area contributed by atoms with E-state index in [4.69, 9.17) is 5.73 Å². The van der Waals surface area contributed by atoms with Crippen LogP contribution in [0, 0.1) is 0 Å². The van der Waals surface area contributed by atoms with E-state index in [2.05, 4.69) is 15.3 Å². The zero-order chi connectivity index (χ0) is 16.7. The van der Waals surface area contributed by atoms with Gasteiger partial charge in [-0.3, -0.25) is 4.79 Å². The predicted octanol–water partition coefficient (Wildman–Crippen LogP) is 3.55. The van der Waals surface area contributed by atoms with Gasteiger partial charge in [-0.1, -0.05) is 42.1 Å². The van der Waals surface area contributed by atoms with Gasteiger partial charge in [-0.15, -0.1) is 11.3 Å². The van der Waals surface area contributed by atoms with Crippen LogP contribution in [0.5, 0.6) is 0 Å². The molecule has 2 heterocycles. The molecule has 0 radical (unpaired) electrons. The maximum Gasteiger partial charge on any atom is 0.263 e. The summed E-state index contributed by atoms with van der Waals surface area (Å²) < 4.78 is 0. The van der Waals surface area contributed by atoms with Crippen LogP contribution in [0.3, 0.4) is 0 Å². The molecule has 1 amide bonds. The molecule has 1 aliphatic carbocycles. The van der Waals surface area contributed by atoms with Crippen LogP contribution in [-0.2, 0) is 0 Å². The summed E-state index contributed by atoms with van der Waals surface area (Å²) in [6.07, 6.45) is 4.03. The average molecular weight is 356 g/mol. The van der Waals surface area contributed by atoms with Crippen molar-refractivity contribution >= 4 is 44.9 Å². The fourth-order valence-electron chi connectivity index (χ4n) is 2.55. The minimum Gasteiger partial charge on any atom is -0.397 e. The molecule has 2 aromatic heterocycles. The molecule has 1 saturated carbocycles. The van der Waals surface area contributed by atoms with Crippen LogP contribution in [-0.4, -0.2) is 28.2 Å². The van der Waals surface area contributed by atoms with Gasteiger partial charge in [-0.2, -0.15) is 0 Å². The highest BCUT2D eigenvalue weighted by Gasteiger charge is 2.27. The molecular weight excluding hydrogens is 340 g/mol. The second-order valence-corrected chi connectivity index (χ2v) is 7.47. The highest BCUT2D eigenvalue weighted by molar-refractivity contribution is 7.98. The Bertz CT molecular complexity index is 919. The number of thioether (sulfide) groups is 1. The lowest BCUT2D eigenvalue weighted by molar-refractivity contribution is 0.0956. The second kappa shape index (κ2) is 6.07. The van der Waals surface area contributed by atoms with Gasteiger partial charge >= 0.3 is 0 Å². The predicted molar refractivity (Wildman–Crippen MR) is 99.5 cm³/mol. The van der Waals surface area contributed by atoms with Crippen LogP contribution < -0.4 is 11.1 Å². The van der Waals surface area contributed by atoms with Crippen LogP contribution in [0.2, 0.25) is 0 Å². The molecule has 122 valence electrons. The van der Waals surface area contributed by atoms with E-state index in [0.29, 0.717) is 21.8 Å². The van der Waals surface area contributed by atoms with Crippen LogP contribution in [0.15, 0.2) is 35.5 Å².